The highest BCUT2D eigenvalue weighted by Gasteiger charge is 2.10. The smallest absolute Gasteiger partial charge is 0.146 e. The Kier molecular flexibility index (Phi) is 4.72. The van der Waals surface area contributed by atoms with Crippen LogP contribution in [-0.4, -0.2) is 17.0 Å². The maximum absolute atomic E-state index is 6.11. The first-order chi connectivity index (χ1) is 8.60. The third-order valence-corrected chi connectivity index (χ3v) is 4.15. The first kappa shape index (κ1) is 13.9. The van der Waals surface area contributed by atoms with Crippen LogP contribution in [0.2, 0.25) is 10.0 Å². The maximum atomic E-state index is 6.11. The van der Waals surface area contributed by atoms with Crippen molar-refractivity contribution >= 4 is 56.7 Å². The summed E-state index contributed by atoms with van der Waals surface area (Å²) >= 11 is 16.8. The number of aromatic nitrogens is 2. The molecule has 3 nitrogen and oxygen atoms in total. The number of rotatable bonds is 3. The summed E-state index contributed by atoms with van der Waals surface area (Å²) in [6, 6.07) is 5.47. The number of pyridine rings is 2. The normalized spacial score (nSPS) is 10.4. The zero-order valence-electron chi connectivity index (χ0n) is 9.25. The topological polar surface area (TPSA) is 37.8 Å². The molecule has 0 bridgehead atoms. The molecule has 0 atom stereocenters. The summed E-state index contributed by atoms with van der Waals surface area (Å²) in [6.45, 7) is 0. The summed E-state index contributed by atoms with van der Waals surface area (Å²) in [4.78, 5) is 8.60. The summed E-state index contributed by atoms with van der Waals surface area (Å²) in [5, 5.41) is 5.40. The fourth-order valence-corrected chi connectivity index (χ4v) is 2.75. The molecule has 0 amide bonds. The summed E-state index contributed by atoms with van der Waals surface area (Å²) in [6.07, 6.45) is 1.73. The SMILES string of the molecule is CNc1nc(Sc2ccc(Br)cn2)c(Cl)cc1Cl. The fraction of sp³-hybridized carbons (Fsp3) is 0.0909. The van der Waals surface area contributed by atoms with Gasteiger partial charge in [0.1, 0.15) is 15.9 Å². The molecular weight excluding hydrogens is 357 g/mol. The molecule has 2 aromatic heterocycles. The third-order valence-electron chi connectivity index (χ3n) is 2.04. The van der Waals surface area contributed by atoms with Crippen LogP contribution in [0.3, 0.4) is 0 Å². The van der Waals surface area contributed by atoms with E-state index < -0.39 is 0 Å². The summed E-state index contributed by atoms with van der Waals surface area (Å²) < 4.78 is 0.929. The Balaban J connectivity index is 2.31. The van der Waals surface area contributed by atoms with Gasteiger partial charge in [0.25, 0.3) is 0 Å². The second kappa shape index (κ2) is 6.10. The highest BCUT2D eigenvalue weighted by Crippen LogP contribution is 2.35. The zero-order valence-corrected chi connectivity index (χ0v) is 13.2. The minimum atomic E-state index is 0.496. The molecule has 0 aliphatic carbocycles. The average molecular weight is 365 g/mol. The van der Waals surface area contributed by atoms with Crippen LogP contribution >= 0.6 is 50.9 Å². The Morgan fingerprint density at radius 1 is 1.28 bits per heavy atom. The highest BCUT2D eigenvalue weighted by atomic mass is 79.9. The second-order valence-corrected chi connectivity index (χ2v) is 6.01. The van der Waals surface area contributed by atoms with Gasteiger partial charge in [-0.3, -0.25) is 0 Å². The highest BCUT2D eigenvalue weighted by molar-refractivity contribution is 9.10. The van der Waals surface area contributed by atoms with Crippen LogP contribution in [0, 0.1) is 0 Å². The van der Waals surface area contributed by atoms with Gasteiger partial charge in [-0.25, -0.2) is 9.97 Å². The van der Waals surface area contributed by atoms with Crippen molar-refractivity contribution in [1.82, 2.24) is 9.97 Å². The molecule has 0 aromatic carbocycles. The van der Waals surface area contributed by atoms with Crippen molar-refractivity contribution in [2.45, 2.75) is 10.1 Å². The molecule has 2 aromatic rings. The Morgan fingerprint density at radius 2 is 2.06 bits per heavy atom. The van der Waals surface area contributed by atoms with E-state index in [1.807, 2.05) is 12.1 Å². The van der Waals surface area contributed by atoms with Crippen molar-refractivity contribution in [1.29, 1.82) is 0 Å². The Bertz CT molecular complexity index is 563. The van der Waals surface area contributed by atoms with E-state index in [1.165, 1.54) is 11.8 Å². The van der Waals surface area contributed by atoms with Crippen molar-refractivity contribution in [2.75, 3.05) is 12.4 Å². The van der Waals surface area contributed by atoms with Crippen LogP contribution < -0.4 is 5.32 Å². The van der Waals surface area contributed by atoms with Gasteiger partial charge in [0, 0.05) is 17.7 Å². The van der Waals surface area contributed by atoms with Crippen molar-refractivity contribution in [3.05, 3.63) is 38.9 Å². The predicted molar refractivity (Wildman–Crippen MR) is 79.9 cm³/mol. The van der Waals surface area contributed by atoms with Crippen molar-refractivity contribution < 1.29 is 0 Å². The maximum Gasteiger partial charge on any atom is 0.146 e. The van der Waals surface area contributed by atoms with Gasteiger partial charge in [0.15, 0.2) is 0 Å². The second-order valence-electron chi connectivity index (χ2n) is 3.27. The molecule has 94 valence electrons. The number of nitrogens with one attached hydrogen (secondary N) is 1. The number of hydrogen-bond acceptors (Lipinski definition) is 4. The molecule has 2 rings (SSSR count). The molecule has 1 N–H and O–H groups in total. The minimum absolute atomic E-state index is 0.496. The quantitative estimate of drug-likeness (QED) is 0.853. The Morgan fingerprint density at radius 3 is 2.67 bits per heavy atom. The van der Waals surface area contributed by atoms with E-state index in [1.54, 1.807) is 19.3 Å². The molecule has 18 heavy (non-hydrogen) atoms. The first-order valence-corrected chi connectivity index (χ1v) is 7.30. The lowest BCUT2D eigenvalue weighted by Crippen LogP contribution is -1.95. The molecule has 2 heterocycles. The standard InChI is InChI=1S/C11H8BrCl2N3S/c1-15-10-7(13)4-8(14)11(17-10)18-9-3-2-6(12)5-16-9/h2-5H,1H3,(H,15,17). The van der Waals surface area contributed by atoms with Crippen LogP contribution in [-0.2, 0) is 0 Å². The van der Waals surface area contributed by atoms with Crippen LogP contribution in [0.5, 0.6) is 0 Å². The Labute approximate surface area is 127 Å². The van der Waals surface area contributed by atoms with Gasteiger partial charge in [0.05, 0.1) is 10.0 Å². The van der Waals surface area contributed by atoms with Crippen LogP contribution in [0.25, 0.3) is 0 Å². The van der Waals surface area contributed by atoms with Gasteiger partial charge in [0.2, 0.25) is 0 Å². The summed E-state index contributed by atoms with van der Waals surface area (Å²) in [5.41, 5.74) is 0. The number of halogens is 3. The van der Waals surface area contributed by atoms with E-state index in [4.69, 9.17) is 23.2 Å². The third kappa shape index (κ3) is 3.29. The minimum Gasteiger partial charge on any atom is -0.372 e. The lowest BCUT2D eigenvalue weighted by molar-refractivity contribution is 1.09. The lowest BCUT2D eigenvalue weighted by Gasteiger charge is -2.07. The molecule has 0 saturated heterocycles. The summed E-state index contributed by atoms with van der Waals surface area (Å²) in [5.74, 6) is 0.598. The molecular formula is C11H8BrCl2N3S. The van der Waals surface area contributed by atoms with E-state index in [9.17, 15) is 0 Å². The fourth-order valence-electron chi connectivity index (χ4n) is 1.22. The van der Waals surface area contributed by atoms with E-state index in [2.05, 4.69) is 31.2 Å². The van der Waals surface area contributed by atoms with E-state index in [-0.39, 0.29) is 0 Å². The number of anilines is 1. The largest absolute Gasteiger partial charge is 0.372 e. The number of nitrogens with zero attached hydrogens (tertiary/aromatic N) is 2. The van der Waals surface area contributed by atoms with Gasteiger partial charge >= 0.3 is 0 Å². The van der Waals surface area contributed by atoms with Crippen LogP contribution in [0.15, 0.2) is 38.9 Å². The van der Waals surface area contributed by atoms with E-state index in [0.717, 1.165) is 9.50 Å². The van der Waals surface area contributed by atoms with Crippen molar-refractivity contribution in [3.63, 3.8) is 0 Å². The molecule has 0 spiro atoms. The molecule has 0 saturated carbocycles. The molecule has 0 fully saturated rings. The zero-order chi connectivity index (χ0) is 13.1. The average Bonchev–Trinajstić information content (AvgIpc) is 2.35. The van der Waals surface area contributed by atoms with Gasteiger partial charge < -0.3 is 5.32 Å². The summed E-state index contributed by atoms with van der Waals surface area (Å²) in [7, 11) is 1.76. The van der Waals surface area contributed by atoms with Gasteiger partial charge in [-0.1, -0.05) is 23.2 Å². The van der Waals surface area contributed by atoms with Gasteiger partial charge in [-0.05, 0) is 45.9 Å². The first-order valence-electron chi connectivity index (χ1n) is 4.93. The molecule has 0 aliphatic heterocycles. The lowest BCUT2D eigenvalue weighted by atomic mass is 10.4. The predicted octanol–water partition coefficient (Wildman–Crippen LogP) is 4.74. The van der Waals surface area contributed by atoms with Gasteiger partial charge in [-0.2, -0.15) is 0 Å². The number of hydrogen-bond donors (Lipinski definition) is 1. The van der Waals surface area contributed by atoms with Crippen LogP contribution in [0.4, 0.5) is 5.82 Å². The van der Waals surface area contributed by atoms with Crippen molar-refractivity contribution in [2.24, 2.45) is 0 Å². The molecule has 7 heteroatoms. The Hall–Kier alpha value is -0.490. The molecule has 0 aliphatic rings. The molecule has 0 unspecified atom stereocenters. The van der Waals surface area contributed by atoms with Crippen LogP contribution in [0.1, 0.15) is 0 Å². The van der Waals surface area contributed by atoms with Crippen molar-refractivity contribution in [3.8, 4) is 0 Å². The van der Waals surface area contributed by atoms with E-state index in [0.29, 0.717) is 20.9 Å². The van der Waals surface area contributed by atoms with E-state index >= 15 is 0 Å². The molecule has 0 radical (unpaired) electrons. The van der Waals surface area contributed by atoms with Gasteiger partial charge in [-0.15, -0.1) is 0 Å². The monoisotopic (exact) mass is 363 g/mol.